The van der Waals surface area contributed by atoms with Gasteiger partial charge in [-0.3, -0.25) is 4.98 Å². The molecule has 0 bridgehead atoms. The first-order chi connectivity index (χ1) is 9.20. The van der Waals surface area contributed by atoms with Crippen LogP contribution in [0.25, 0.3) is 0 Å². The van der Waals surface area contributed by atoms with Crippen molar-refractivity contribution in [3.05, 3.63) is 40.1 Å². The Morgan fingerprint density at radius 3 is 3.00 bits per heavy atom. The molecule has 19 heavy (non-hydrogen) atoms. The highest BCUT2D eigenvalue weighted by Crippen LogP contribution is 2.29. The van der Waals surface area contributed by atoms with Gasteiger partial charge >= 0.3 is 5.97 Å². The monoisotopic (exact) mass is 298 g/mol. The lowest BCUT2D eigenvalue weighted by molar-refractivity contribution is 0.0606. The SMILES string of the molecule is COC(=O)c1sc(OCCc2ccccn2)nc1Cl. The number of esters is 1. The van der Waals surface area contributed by atoms with Crippen molar-refractivity contribution >= 4 is 28.9 Å². The molecule has 2 aromatic rings. The molecule has 0 aliphatic carbocycles. The summed E-state index contributed by atoms with van der Waals surface area (Å²) < 4.78 is 10.0. The number of nitrogens with zero attached hydrogens (tertiary/aromatic N) is 2. The van der Waals surface area contributed by atoms with Crippen LogP contribution in [0.5, 0.6) is 5.19 Å². The topological polar surface area (TPSA) is 61.3 Å². The highest BCUT2D eigenvalue weighted by atomic mass is 35.5. The van der Waals surface area contributed by atoms with E-state index < -0.39 is 5.97 Å². The lowest BCUT2D eigenvalue weighted by Gasteiger charge is -2.01. The number of aromatic nitrogens is 2. The van der Waals surface area contributed by atoms with Crippen LogP contribution in [-0.4, -0.2) is 29.7 Å². The zero-order valence-electron chi connectivity index (χ0n) is 10.1. The molecule has 2 heterocycles. The normalized spacial score (nSPS) is 10.2. The number of ether oxygens (including phenoxy) is 2. The van der Waals surface area contributed by atoms with Crippen LogP contribution in [-0.2, 0) is 11.2 Å². The first-order valence-corrected chi connectivity index (χ1v) is 6.67. The van der Waals surface area contributed by atoms with Gasteiger partial charge in [0, 0.05) is 18.3 Å². The molecule has 0 N–H and O–H groups in total. The molecule has 2 aromatic heterocycles. The zero-order chi connectivity index (χ0) is 13.7. The number of pyridine rings is 1. The molecule has 0 saturated heterocycles. The summed E-state index contributed by atoms with van der Waals surface area (Å²) in [5.41, 5.74) is 0.929. The smallest absolute Gasteiger partial charge is 0.351 e. The standard InChI is InChI=1S/C12H11ClN2O3S/c1-17-11(16)9-10(13)15-12(19-9)18-7-5-8-4-2-3-6-14-8/h2-4,6H,5,7H2,1H3. The highest BCUT2D eigenvalue weighted by Gasteiger charge is 2.17. The molecule has 0 spiro atoms. The molecule has 0 radical (unpaired) electrons. The van der Waals surface area contributed by atoms with Crippen LogP contribution in [0.1, 0.15) is 15.4 Å². The van der Waals surface area contributed by atoms with E-state index in [1.807, 2.05) is 18.2 Å². The van der Waals surface area contributed by atoms with Gasteiger partial charge in [-0.2, -0.15) is 4.98 Å². The second kappa shape index (κ2) is 6.49. The largest absolute Gasteiger partial charge is 0.470 e. The van der Waals surface area contributed by atoms with Gasteiger partial charge in [0.1, 0.15) is 0 Å². The van der Waals surface area contributed by atoms with Crippen molar-refractivity contribution in [3.63, 3.8) is 0 Å². The molecule has 0 aliphatic heterocycles. The Morgan fingerprint density at radius 2 is 2.32 bits per heavy atom. The van der Waals surface area contributed by atoms with Gasteiger partial charge in [0.25, 0.3) is 5.19 Å². The molecule has 0 aromatic carbocycles. The lowest BCUT2D eigenvalue weighted by Crippen LogP contribution is -2.02. The predicted molar refractivity (Wildman–Crippen MR) is 71.9 cm³/mol. The average molecular weight is 299 g/mol. The molecular weight excluding hydrogens is 288 g/mol. The summed E-state index contributed by atoms with van der Waals surface area (Å²) in [5.74, 6) is -0.512. The summed E-state index contributed by atoms with van der Waals surface area (Å²) in [6.45, 7) is 0.418. The van der Waals surface area contributed by atoms with E-state index >= 15 is 0 Å². The summed E-state index contributed by atoms with van der Waals surface area (Å²) in [6, 6.07) is 5.68. The Kier molecular flexibility index (Phi) is 4.70. The molecule has 0 saturated carbocycles. The van der Waals surface area contributed by atoms with E-state index in [2.05, 4.69) is 14.7 Å². The van der Waals surface area contributed by atoms with Crippen LogP contribution in [0.4, 0.5) is 0 Å². The second-order valence-electron chi connectivity index (χ2n) is 3.51. The van der Waals surface area contributed by atoms with Crippen molar-refractivity contribution in [1.29, 1.82) is 0 Å². The van der Waals surface area contributed by atoms with Crippen LogP contribution < -0.4 is 4.74 Å². The molecular formula is C12H11ClN2O3S. The molecule has 100 valence electrons. The Bertz CT molecular complexity index is 559. The van der Waals surface area contributed by atoms with E-state index in [4.69, 9.17) is 16.3 Å². The van der Waals surface area contributed by atoms with E-state index in [1.165, 1.54) is 7.11 Å². The van der Waals surface area contributed by atoms with Gasteiger partial charge in [-0.1, -0.05) is 29.0 Å². The first kappa shape index (κ1) is 13.8. The number of methoxy groups -OCH3 is 1. The Labute approximate surface area is 119 Å². The molecule has 0 amide bonds. The third-order valence-corrected chi connectivity index (χ3v) is 3.58. The lowest BCUT2D eigenvalue weighted by atomic mass is 10.3. The minimum atomic E-state index is -0.512. The molecule has 0 unspecified atom stereocenters. The summed E-state index contributed by atoms with van der Waals surface area (Å²) in [5, 5.41) is 0.450. The molecule has 0 fully saturated rings. The summed E-state index contributed by atoms with van der Waals surface area (Å²) >= 11 is 6.89. The van der Waals surface area contributed by atoms with Crippen molar-refractivity contribution in [2.45, 2.75) is 6.42 Å². The molecule has 2 rings (SSSR count). The second-order valence-corrected chi connectivity index (χ2v) is 4.83. The number of carbonyl (C=O) groups excluding carboxylic acids is 1. The average Bonchev–Trinajstić information content (AvgIpc) is 2.80. The quantitative estimate of drug-likeness (QED) is 0.794. The zero-order valence-corrected chi connectivity index (χ0v) is 11.7. The summed E-state index contributed by atoms with van der Waals surface area (Å²) in [6.07, 6.45) is 2.39. The van der Waals surface area contributed by atoms with Gasteiger partial charge in [-0.05, 0) is 12.1 Å². The predicted octanol–water partition coefficient (Wildman–Crippen LogP) is 2.60. The molecule has 5 nitrogen and oxygen atoms in total. The van der Waals surface area contributed by atoms with Gasteiger partial charge in [0.2, 0.25) is 0 Å². The third kappa shape index (κ3) is 3.65. The van der Waals surface area contributed by atoms with E-state index in [0.717, 1.165) is 17.0 Å². The number of halogens is 1. The van der Waals surface area contributed by atoms with Crippen LogP contribution in [0.3, 0.4) is 0 Å². The van der Waals surface area contributed by atoms with Crippen molar-refractivity contribution in [3.8, 4) is 5.19 Å². The van der Waals surface area contributed by atoms with Crippen LogP contribution in [0.2, 0.25) is 5.15 Å². The van der Waals surface area contributed by atoms with Crippen molar-refractivity contribution in [2.24, 2.45) is 0 Å². The van der Waals surface area contributed by atoms with E-state index in [-0.39, 0.29) is 10.0 Å². The van der Waals surface area contributed by atoms with Crippen molar-refractivity contribution in [1.82, 2.24) is 9.97 Å². The van der Waals surface area contributed by atoms with E-state index in [1.54, 1.807) is 6.20 Å². The Balaban J connectivity index is 1.92. The first-order valence-electron chi connectivity index (χ1n) is 5.48. The number of thiazole rings is 1. The maximum atomic E-state index is 11.3. The Morgan fingerprint density at radius 1 is 1.47 bits per heavy atom. The van der Waals surface area contributed by atoms with Gasteiger partial charge in [-0.25, -0.2) is 4.79 Å². The van der Waals surface area contributed by atoms with Crippen molar-refractivity contribution in [2.75, 3.05) is 13.7 Å². The molecule has 0 atom stereocenters. The Hall–Kier alpha value is -1.66. The van der Waals surface area contributed by atoms with Gasteiger partial charge < -0.3 is 9.47 Å². The highest BCUT2D eigenvalue weighted by molar-refractivity contribution is 7.15. The van der Waals surface area contributed by atoms with Gasteiger partial charge in [0.05, 0.1) is 13.7 Å². The van der Waals surface area contributed by atoms with Crippen LogP contribution >= 0.6 is 22.9 Å². The van der Waals surface area contributed by atoms with Crippen LogP contribution in [0.15, 0.2) is 24.4 Å². The third-order valence-electron chi connectivity index (χ3n) is 2.25. The fourth-order valence-electron chi connectivity index (χ4n) is 1.35. The number of carbonyl (C=O) groups is 1. The summed E-state index contributed by atoms with van der Waals surface area (Å²) in [4.78, 5) is 19.7. The fraction of sp³-hybridized carbons (Fsp3) is 0.250. The van der Waals surface area contributed by atoms with Crippen LogP contribution in [0, 0.1) is 0 Å². The number of hydrogen-bond donors (Lipinski definition) is 0. The summed E-state index contributed by atoms with van der Waals surface area (Å²) in [7, 11) is 1.29. The fourth-order valence-corrected chi connectivity index (χ4v) is 2.42. The number of rotatable bonds is 5. The maximum absolute atomic E-state index is 11.3. The minimum Gasteiger partial charge on any atom is -0.470 e. The van der Waals surface area contributed by atoms with E-state index in [9.17, 15) is 4.79 Å². The van der Waals surface area contributed by atoms with Crippen molar-refractivity contribution < 1.29 is 14.3 Å². The maximum Gasteiger partial charge on any atom is 0.351 e. The van der Waals surface area contributed by atoms with Gasteiger partial charge in [-0.15, -0.1) is 0 Å². The van der Waals surface area contributed by atoms with E-state index in [0.29, 0.717) is 18.2 Å². The number of hydrogen-bond acceptors (Lipinski definition) is 6. The molecule has 7 heteroatoms. The molecule has 0 aliphatic rings. The van der Waals surface area contributed by atoms with Gasteiger partial charge in [0.15, 0.2) is 10.0 Å². The minimum absolute atomic E-state index is 0.102.